The first-order valence-corrected chi connectivity index (χ1v) is 6.35. The zero-order chi connectivity index (χ0) is 14.3. The van der Waals surface area contributed by atoms with E-state index in [0.717, 1.165) is 22.0 Å². The average molecular weight is 269 g/mol. The molecule has 0 aliphatic heterocycles. The molecule has 0 radical (unpaired) electrons. The summed E-state index contributed by atoms with van der Waals surface area (Å²) < 4.78 is 3.71. The number of hydrogen-bond donors (Lipinski definition) is 1. The molecule has 5 heteroatoms. The Kier molecular flexibility index (Phi) is 2.82. The van der Waals surface area contributed by atoms with Crippen molar-refractivity contribution in [2.45, 2.75) is 6.42 Å². The van der Waals surface area contributed by atoms with E-state index in [9.17, 15) is 4.79 Å². The molecule has 0 amide bonds. The van der Waals surface area contributed by atoms with Crippen molar-refractivity contribution < 1.29 is 9.90 Å². The van der Waals surface area contributed by atoms with Crippen LogP contribution in [0.4, 0.5) is 0 Å². The summed E-state index contributed by atoms with van der Waals surface area (Å²) in [6.07, 6.45) is 3.83. The van der Waals surface area contributed by atoms with Crippen LogP contribution >= 0.6 is 0 Å². The molecular weight excluding hydrogens is 254 g/mol. The van der Waals surface area contributed by atoms with Gasteiger partial charge in [-0.1, -0.05) is 18.2 Å². The van der Waals surface area contributed by atoms with Gasteiger partial charge in [-0.2, -0.15) is 5.10 Å². The number of fused-ring (bicyclic) bond motifs is 1. The Balaban J connectivity index is 2.23. The highest BCUT2D eigenvalue weighted by Crippen LogP contribution is 2.32. The fraction of sp³-hybridized carbons (Fsp3) is 0.200. The SMILES string of the molecule is Cn1cc(-c2cn(C)c3ccccc23)c(CC(=O)O)n1. The number of rotatable bonds is 3. The Morgan fingerprint density at radius 1 is 1.20 bits per heavy atom. The highest BCUT2D eigenvalue weighted by Gasteiger charge is 2.16. The smallest absolute Gasteiger partial charge is 0.309 e. The lowest BCUT2D eigenvalue weighted by Gasteiger charge is -1.98. The molecule has 0 aliphatic carbocycles. The number of para-hydroxylation sites is 1. The highest BCUT2D eigenvalue weighted by atomic mass is 16.4. The maximum atomic E-state index is 11.0. The summed E-state index contributed by atoms with van der Waals surface area (Å²) in [5.74, 6) is -0.870. The van der Waals surface area contributed by atoms with E-state index in [4.69, 9.17) is 5.11 Å². The fourth-order valence-electron chi connectivity index (χ4n) is 2.59. The molecule has 0 unspecified atom stereocenters. The van der Waals surface area contributed by atoms with Crippen LogP contribution in [-0.2, 0) is 25.3 Å². The van der Waals surface area contributed by atoms with Crippen molar-refractivity contribution >= 4 is 16.9 Å². The summed E-state index contributed by atoms with van der Waals surface area (Å²) in [6.45, 7) is 0. The Morgan fingerprint density at radius 2 is 1.95 bits per heavy atom. The number of aryl methyl sites for hydroxylation is 2. The molecule has 0 saturated carbocycles. The van der Waals surface area contributed by atoms with Gasteiger partial charge >= 0.3 is 5.97 Å². The molecule has 3 aromatic rings. The van der Waals surface area contributed by atoms with Gasteiger partial charge in [0.25, 0.3) is 0 Å². The number of hydrogen-bond acceptors (Lipinski definition) is 2. The van der Waals surface area contributed by atoms with Crippen LogP contribution in [0.15, 0.2) is 36.7 Å². The normalized spacial score (nSPS) is 11.1. The third-order valence-corrected chi connectivity index (χ3v) is 3.41. The average Bonchev–Trinajstić information content (AvgIpc) is 2.90. The minimum Gasteiger partial charge on any atom is -0.481 e. The Labute approximate surface area is 116 Å². The largest absolute Gasteiger partial charge is 0.481 e. The van der Waals surface area contributed by atoms with Gasteiger partial charge in [0.2, 0.25) is 0 Å². The number of carboxylic acids is 1. The third kappa shape index (κ3) is 1.97. The van der Waals surface area contributed by atoms with Crippen LogP contribution in [-0.4, -0.2) is 25.4 Å². The second-order valence-corrected chi connectivity index (χ2v) is 4.90. The molecule has 0 bridgehead atoms. The summed E-state index contributed by atoms with van der Waals surface area (Å²) in [4.78, 5) is 11.0. The predicted octanol–water partition coefficient (Wildman–Crippen LogP) is 2.21. The second kappa shape index (κ2) is 4.52. The zero-order valence-electron chi connectivity index (χ0n) is 11.4. The molecule has 1 aromatic carbocycles. The minimum atomic E-state index is -0.870. The number of benzene rings is 1. The van der Waals surface area contributed by atoms with E-state index in [1.54, 1.807) is 11.7 Å². The first-order valence-electron chi connectivity index (χ1n) is 6.35. The van der Waals surface area contributed by atoms with Crippen LogP contribution < -0.4 is 0 Å². The van der Waals surface area contributed by atoms with E-state index in [1.807, 2.05) is 48.3 Å². The number of nitrogens with zero attached hydrogens (tertiary/aromatic N) is 3. The quantitative estimate of drug-likeness (QED) is 0.793. The van der Waals surface area contributed by atoms with E-state index >= 15 is 0 Å². The van der Waals surface area contributed by atoms with Gasteiger partial charge in [0.15, 0.2) is 0 Å². The monoisotopic (exact) mass is 269 g/mol. The van der Waals surface area contributed by atoms with Crippen molar-refractivity contribution in [3.63, 3.8) is 0 Å². The van der Waals surface area contributed by atoms with Crippen molar-refractivity contribution in [3.05, 3.63) is 42.4 Å². The van der Waals surface area contributed by atoms with E-state index < -0.39 is 5.97 Å². The molecule has 2 aromatic heterocycles. The lowest BCUT2D eigenvalue weighted by molar-refractivity contribution is -0.136. The first kappa shape index (κ1) is 12.5. The standard InChI is InChI=1S/C15H15N3O2/c1-17-8-11(10-5-3-4-6-14(10)17)12-9-18(2)16-13(12)7-15(19)20/h3-6,8-9H,7H2,1-2H3,(H,19,20). The minimum absolute atomic E-state index is 0.0700. The lowest BCUT2D eigenvalue weighted by Crippen LogP contribution is -2.02. The summed E-state index contributed by atoms with van der Waals surface area (Å²) in [5, 5.41) is 14.4. The summed E-state index contributed by atoms with van der Waals surface area (Å²) in [5.41, 5.74) is 3.61. The van der Waals surface area contributed by atoms with E-state index in [-0.39, 0.29) is 6.42 Å². The summed E-state index contributed by atoms with van der Waals surface area (Å²) in [7, 11) is 3.79. The van der Waals surface area contributed by atoms with Gasteiger partial charge in [-0.3, -0.25) is 9.48 Å². The molecule has 102 valence electrons. The van der Waals surface area contributed by atoms with Crippen LogP contribution in [0.25, 0.3) is 22.0 Å². The number of carbonyl (C=O) groups is 1. The van der Waals surface area contributed by atoms with E-state index in [2.05, 4.69) is 5.10 Å². The Bertz CT molecular complexity index is 799. The van der Waals surface area contributed by atoms with Crippen molar-refractivity contribution in [1.29, 1.82) is 0 Å². The van der Waals surface area contributed by atoms with Gasteiger partial charge in [-0.15, -0.1) is 0 Å². The zero-order valence-corrected chi connectivity index (χ0v) is 11.4. The van der Waals surface area contributed by atoms with Crippen LogP contribution in [0.5, 0.6) is 0 Å². The second-order valence-electron chi connectivity index (χ2n) is 4.90. The van der Waals surface area contributed by atoms with Gasteiger partial charge in [0.1, 0.15) is 0 Å². The van der Waals surface area contributed by atoms with Crippen LogP contribution in [0.1, 0.15) is 5.69 Å². The van der Waals surface area contributed by atoms with Gasteiger partial charge < -0.3 is 9.67 Å². The van der Waals surface area contributed by atoms with Crippen molar-refractivity contribution in [2.75, 3.05) is 0 Å². The van der Waals surface area contributed by atoms with E-state index in [0.29, 0.717) is 5.69 Å². The van der Waals surface area contributed by atoms with Gasteiger partial charge in [0, 0.05) is 48.5 Å². The first-order chi connectivity index (χ1) is 9.56. The molecule has 0 fully saturated rings. The molecule has 0 spiro atoms. The lowest BCUT2D eigenvalue weighted by atomic mass is 10.0. The topological polar surface area (TPSA) is 60.0 Å². The molecule has 0 atom stereocenters. The van der Waals surface area contributed by atoms with E-state index in [1.165, 1.54) is 0 Å². The van der Waals surface area contributed by atoms with Crippen molar-refractivity contribution in [2.24, 2.45) is 14.1 Å². The molecule has 2 heterocycles. The Morgan fingerprint density at radius 3 is 2.70 bits per heavy atom. The molecule has 0 aliphatic rings. The summed E-state index contributed by atoms with van der Waals surface area (Å²) in [6, 6.07) is 8.07. The van der Waals surface area contributed by atoms with Crippen molar-refractivity contribution in [3.8, 4) is 11.1 Å². The van der Waals surface area contributed by atoms with Gasteiger partial charge in [-0.25, -0.2) is 0 Å². The Hall–Kier alpha value is -2.56. The highest BCUT2D eigenvalue weighted by molar-refractivity contribution is 5.96. The van der Waals surface area contributed by atoms with Crippen molar-refractivity contribution in [1.82, 2.24) is 14.3 Å². The van der Waals surface area contributed by atoms with Gasteiger partial charge in [-0.05, 0) is 6.07 Å². The molecule has 20 heavy (non-hydrogen) atoms. The molecule has 5 nitrogen and oxygen atoms in total. The molecule has 0 saturated heterocycles. The van der Waals surface area contributed by atoms with Crippen LogP contribution in [0.3, 0.4) is 0 Å². The maximum absolute atomic E-state index is 11.0. The number of aromatic nitrogens is 3. The summed E-state index contributed by atoms with van der Waals surface area (Å²) >= 11 is 0. The fourth-order valence-corrected chi connectivity index (χ4v) is 2.59. The third-order valence-electron chi connectivity index (χ3n) is 3.41. The van der Waals surface area contributed by atoms with Crippen LogP contribution in [0, 0.1) is 0 Å². The number of carboxylic acid groups (broad SMARTS) is 1. The molecule has 3 rings (SSSR count). The molecule has 1 N–H and O–H groups in total. The van der Waals surface area contributed by atoms with Crippen LogP contribution in [0.2, 0.25) is 0 Å². The molecular formula is C15H15N3O2. The number of aliphatic carboxylic acids is 1. The maximum Gasteiger partial charge on any atom is 0.309 e. The van der Waals surface area contributed by atoms with Gasteiger partial charge in [0.05, 0.1) is 12.1 Å². The predicted molar refractivity (Wildman–Crippen MR) is 76.5 cm³/mol.